The van der Waals surface area contributed by atoms with Crippen molar-refractivity contribution in [3.05, 3.63) is 565 Å². The third-order valence-corrected chi connectivity index (χ3v) is 30.6. The molecular weight excluding hydrogens is 1720 g/mol. The van der Waals surface area contributed by atoms with E-state index in [1.54, 1.807) is 0 Å². The SMILES string of the molecule is CC1(C)c2ccccc2Oc2ccc(-c3ccc(N(c4ccc(-c5ccc6c(c5)C(C)(C)c5cc(-c7ccccc7)ccc5-6)cc4)c4ccc(-c5cccc6ccccc56)cc4)cc3)cc21.CC1(C)c2ccccc2Oc2ccc(-c3ccc(N(c4ccc(-c5ccc6c(c5)C(c5ccccc5)(c5ccccc5)c5cc(-c7ccccc7)ccc5-6)cc4)c4ccc(-c5cccc6ccccc56)cc4)cc3)cc21. The second-order valence-electron chi connectivity index (χ2n) is 39.8. The average molecular weight is 1820 g/mol. The number of nitrogens with zero attached hydrogens (tertiary/aromatic N) is 2. The zero-order valence-corrected chi connectivity index (χ0v) is 80.2. The van der Waals surface area contributed by atoms with Crippen molar-refractivity contribution in [1.29, 1.82) is 0 Å². The molecule has 2 aliphatic carbocycles. The molecule has 4 aliphatic rings. The van der Waals surface area contributed by atoms with Crippen LogP contribution in [0.15, 0.2) is 510 Å². The summed E-state index contributed by atoms with van der Waals surface area (Å²) in [5, 5.41) is 4.99. The van der Waals surface area contributed by atoms with Crippen LogP contribution < -0.4 is 19.3 Å². The molecule has 0 fully saturated rings. The van der Waals surface area contributed by atoms with Gasteiger partial charge in [0.2, 0.25) is 0 Å². The van der Waals surface area contributed by atoms with Gasteiger partial charge in [-0.1, -0.05) is 418 Å². The maximum absolute atomic E-state index is 6.44. The predicted molar refractivity (Wildman–Crippen MR) is 593 cm³/mol. The van der Waals surface area contributed by atoms with Crippen LogP contribution in [-0.4, -0.2) is 0 Å². The van der Waals surface area contributed by atoms with Gasteiger partial charge >= 0.3 is 0 Å². The first-order valence-electron chi connectivity index (χ1n) is 49.5. The molecule has 22 aromatic carbocycles. The zero-order valence-electron chi connectivity index (χ0n) is 80.2. The second-order valence-corrected chi connectivity index (χ2v) is 39.8. The number of fused-ring (bicyclic) bond motifs is 12. The minimum atomic E-state index is -0.538. The van der Waals surface area contributed by atoms with Crippen molar-refractivity contribution in [2.24, 2.45) is 0 Å². The number of para-hydroxylation sites is 2. The molecule has 0 atom stereocenters. The smallest absolute Gasteiger partial charge is 0.131 e. The lowest BCUT2D eigenvalue weighted by molar-refractivity contribution is 0.418. The standard InChI is InChI=1S/C74H53NO.C64H49NO/c1-73(2)67-27-14-15-28-71(67)76-72-46-37-57(49-70(72)73)52-31-40-61(41-32-52)75(62-42-33-54(34-43-62)64-26-16-20-53-19-12-13-25-63(53)64)60-38-29-51(30-39-60)56-36-45-66-65-44-35-55(50-17-6-3-7-18-50)47-68(65)74(69(66)48-56,58-21-8-4-9-22-58)59-23-10-5-11-24-59;1-63(2)57-19-10-11-20-61(57)66-62-38-29-49(41-60(62)63)44-23-32-51(33-24-44)65(52-34-25-46(26-35-52)54-18-12-16-45-15-8-9-17-53(45)54)50-30-21-43(22-31-50)48-28-37-56-55-36-27-47(42-13-6-5-7-14-42)39-58(55)64(3,4)59(56)40-48/h3-49H,1-2H3;5-41H,1-4H3. The summed E-state index contributed by atoms with van der Waals surface area (Å²) >= 11 is 0. The highest BCUT2D eigenvalue weighted by molar-refractivity contribution is 6.00. The molecule has 4 heteroatoms. The molecule has 676 valence electrons. The van der Waals surface area contributed by atoms with Crippen molar-refractivity contribution in [2.75, 3.05) is 9.80 Å². The van der Waals surface area contributed by atoms with Crippen LogP contribution in [0.2, 0.25) is 0 Å². The van der Waals surface area contributed by atoms with Crippen LogP contribution in [0.1, 0.15) is 97.2 Å². The fourth-order valence-electron chi connectivity index (χ4n) is 23.1. The quantitative estimate of drug-likeness (QED) is 0.0963. The summed E-state index contributed by atoms with van der Waals surface area (Å²) in [6.07, 6.45) is 0. The van der Waals surface area contributed by atoms with Crippen molar-refractivity contribution >= 4 is 55.7 Å². The van der Waals surface area contributed by atoms with Gasteiger partial charge in [0.05, 0.1) is 5.41 Å². The van der Waals surface area contributed by atoms with Crippen LogP contribution in [0, 0.1) is 0 Å². The highest BCUT2D eigenvalue weighted by Crippen LogP contribution is 2.60. The van der Waals surface area contributed by atoms with Crippen LogP contribution in [0.5, 0.6) is 23.0 Å². The number of benzene rings is 22. The van der Waals surface area contributed by atoms with Crippen LogP contribution >= 0.6 is 0 Å². The van der Waals surface area contributed by atoms with Gasteiger partial charge in [0.15, 0.2) is 0 Å². The fraction of sp³-hybridized carbons (Fsp3) is 0.0725. The molecule has 22 aromatic rings. The van der Waals surface area contributed by atoms with Gasteiger partial charge in [0.1, 0.15) is 23.0 Å². The van der Waals surface area contributed by atoms with E-state index < -0.39 is 5.41 Å². The molecule has 4 nitrogen and oxygen atoms in total. The molecule has 0 saturated carbocycles. The Morgan fingerprint density at radius 3 is 0.725 bits per heavy atom. The molecule has 26 rings (SSSR count). The lowest BCUT2D eigenvalue weighted by Gasteiger charge is -2.34. The molecule has 0 spiro atoms. The molecule has 2 heterocycles. The Kier molecular flexibility index (Phi) is 21.2. The van der Waals surface area contributed by atoms with Crippen LogP contribution in [-0.2, 0) is 21.7 Å². The fourth-order valence-corrected chi connectivity index (χ4v) is 23.1. The normalized spacial score (nSPS) is 13.6. The van der Waals surface area contributed by atoms with Gasteiger partial charge in [0, 0.05) is 72.6 Å². The largest absolute Gasteiger partial charge is 0.457 e. The van der Waals surface area contributed by atoms with Crippen molar-refractivity contribution in [3.8, 4) is 134 Å². The van der Waals surface area contributed by atoms with Gasteiger partial charge in [-0.25, -0.2) is 0 Å². The van der Waals surface area contributed by atoms with E-state index in [-0.39, 0.29) is 16.2 Å². The van der Waals surface area contributed by atoms with E-state index in [2.05, 4.69) is 549 Å². The Balaban J connectivity index is 0.000000151. The van der Waals surface area contributed by atoms with E-state index in [1.807, 2.05) is 12.1 Å². The third-order valence-electron chi connectivity index (χ3n) is 30.6. The van der Waals surface area contributed by atoms with Gasteiger partial charge in [-0.3, -0.25) is 0 Å². The minimum absolute atomic E-state index is 0.124. The highest BCUT2D eigenvalue weighted by Gasteiger charge is 2.47. The summed E-state index contributed by atoms with van der Waals surface area (Å²) < 4.78 is 12.8. The number of hydrogen-bond acceptors (Lipinski definition) is 4. The monoisotopic (exact) mass is 1820 g/mol. The first-order valence-corrected chi connectivity index (χ1v) is 49.5. The number of anilines is 6. The number of ether oxygens (including phenoxy) is 2. The van der Waals surface area contributed by atoms with Gasteiger partial charge in [-0.15, -0.1) is 0 Å². The summed E-state index contributed by atoms with van der Waals surface area (Å²) in [7, 11) is 0. The lowest BCUT2D eigenvalue weighted by atomic mass is 9.67. The van der Waals surface area contributed by atoms with Crippen LogP contribution in [0.25, 0.3) is 133 Å². The molecule has 0 aromatic heterocycles. The van der Waals surface area contributed by atoms with Crippen LogP contribution in [0.4, 0.5) is 34.1 Å². The van der Waals surface area contributed by atoms with Crippen molar-refractivity contribution in [2.45, 2.75) is 63.2 Å². The van der Waals surface area contributed by atoms with Crippen molar-refractivity contribution < 1.29 is 9.47 Å². The van der Waals surface area contributed by atoms with Gasteiger partial charge in [-0.05, 0) is 300 Å². The Labute approximate surface area is 831 Å². The molecule has 0 bridgehead atoms. The molecular formula is C138H102N2O2. The number of hydrogen-bond donors (Lipinski definition) is 0. The van der Waals surface area contributed by atoms with Crippen molar-refractivity contribution in [1.82, 2.24) is 0 Å². The lowest BCUT2D eigenvalue weighted by Crippen LogP contribution is -2.28. The van der Waals surface area contributed by atoms with E-state index in [4.69, 9.17) is 9.47 Å². The van der Waals surface area contributed by atoms with E-state index >= 15 is 0 Å². The van der Waals surface area contributed by atoms with Gasteiger partial charge < -0.3 is 19.3 Å². The summed E-state index contributed by atoms with van der Waals surface area (Å²) in [4.78, 5) is 4.74. The van der Waals surface area contributed by atoms with E-state index in [9.17, 15) is 0 Å². The van der Waals surface area contributed by atoms with E-state index in [0.717, 1.165) is 79.4 Å². The third kappa shape index (κ3) is 14.9. The van der Waals surface area contributed by atoms with Crippen molar-refractivity contribution in [3.63, 3.8) is 0 Å². The Morgan fingerprint density at radius 2 is 0.387 bits per heavy atom. The summed E-state index contributed by atoms with van der Waals surface area (Å²) in [5.41, 5.74) is 42.5. The first kappa shape index (κ1) is 86.2. The second kappa shape index (κ2) is 34.9. The van der Waals surface area contributed by atoms with Gasteiger partial charge in [-0.2, -0.15) is 0 Å². The summed E-state index contributed by atoms with van der Waals surface area (Å²) in [5.74, 6) is 3.71. The minimum Gasteiger partial charge on any atom is -0.457 e. The molecule has 0 unspecified atom stereocenters. The maximum Gasteiger partial charge on any atom is 0.131 e. The highest BCUT2D eigenvalue weighted by atomic mass is 16.5. The Bertz CT molecular complexity index is 8550. The molecule has 0 radical (unpaired) electrons. The molecule has 0 amide bonds. The molecule has 142 heavy (non-hydrogen) atoms. The summed E-state index contributed by atoms with van der Waals surface area (Å²) in [6, 6.07) is 187. The first-order chi connectivity index (χ1) is 69.6. The molecule has 0 saturated heterocycles. The molecule has 0 N–H and O–H groups in total. The van der Waals surface area contributed by atoms with Crippen LogP contribution in [0.3, 0.4) is 0 Å². The average Bonchev–Trinajstić information content (AvgIpc) is 1.53. The Hall–Kier alpha value is -17.4. The predicted octanol–water partition coefficient (Wildman–Crippen LogP) is 37.5. The van der Waals surface area contributed by atoms with E-state index in [0.29, 0.717) is 0 Å². The van der Waals surface area contributed by atoms with E-state index in [1.165, 1.54) is 166 Å². The Morgan fingerprint density at radius 1 is 0.155 bits per heavy atom. The maximum atomic E-state index is 6.44. The number of rotatable bonds is 16. The summed E-state index contributed by atoms with van der Waals surface area (Å²) in [6.45, 7) is 13.9. The molecule has 2 aliphatic heterocycles. The zero-order chi connectivity index (χ0) is 95.4. The van der Waals surface area contributed by atoms with Gasteiger partial charge in [0.25, 0.3) is 0 Å². The topological polar surface area (TPSA) is 24.9 Å².